The summed E-state index contributed by atoms with van der Waals surface area (Å²) in [5, 5.41) is 13.3. The van der Waals surface area contributed by atoms with Crippen molar-refractivity contribution >= 4 is 12.1 Å². The Balaban J connectivity index is 1.90. The fourth-order valence-electron chi connectivity index (χ4n) is 4.28. The predicted molar refractivity (Wildman–Crippen MR) is 102 cm³/mol. The Hall–Kier alpha value is -2.59. The molecule has 2 aliphatic rings. The van der Waals surface area contributed by atoms with E-state index >= 15 is 0 Å². The molecule has 7 heteroatoms. The van der Waals surface area contributed by atoms with Crippen LogP contribution in [0, 0.1) is 29.6 Å². The molecule has 0 saturated carbocycles. The minimum absolute atomic E-state index is 0.273. The van der Waals surface area contributed by atoms with Gasteiger partial charge in [0.2, 0.25) is 0 Å². The first-order valence-electron chi connectivity index (χ1n) is 9.40. The third-order valence-electron chi connectivity index (χ3n) is 5.60. The second-order valence-electron chi connectivity index (χ2n) is 8.63. The molecule has 1 N–H and O–H groups in total. The molecule has 0 bridgehead atoms. The molecule has 2 heterocycles. The molecule has 150 valence electrons. The monoisotopic (exact) mass is 385 g/mol. The molecule has 1 spiro atoms. The van der Waals surface area contributed by atoms with Crippen LogP contribution in [0.5, 0.6) is 0 Å². The van der Waals surface area contributed by atoms with Crippen molar-refractivity contribution in [3.63, 3.8) is 0 Å². The molecule has 1 aromatic rings. The smallest absolute Gasteiger partial charge is 0.410 e. The number of hydrogen-bond donors (Lipinski definition) is 1. The molecule has 0 radical (unpaired) electrons. The van der Waals surface area contributed by atoms with E-state index in [1.54, 1.807) is 25.7 Å². The quantitative estimate of drug-likeness (QED) is 0.787. The van der Waals surface area contributed by atoms with Gasteiger partial charge in [0.15, 0.2) is 0 Å². The maximum Gasteiger partial charge on any atom is 0.410 e. The van der Waals surface area contributed by atoms with Crippen molar-refractivity contribution in [1.29, 1.82) is 5.26 Å². The Bertz CT molecular complexity index is 818. The molecular formula is C21H27N3O4. The Morgan fingerprint density at radius 2 is 1.93 bits per heavy atom. The summed E-state index contributed by atoms with van der Waals surface area (Å²) in [6.07, 6.45) is -0.433. The minimum atomic E-state index is -0.703. The van der Waals surface area contributed by atoms with Gasteiger partial charge in [0, 0.05) is 24.5 Å². The zero-order valence-electron chi connectivity index (χ0n) is 17.0. The molecule has 2 saturated heterocycles. The summed E-state index contributed by atoms with van der Waals surface area (Å²) in [5.41, 5.74) is 0.722. The van der Waals surface area contributed by atoms with Crippen molar-refractivity contribution < 1.29 is 19.1 Å². The molecule has 1 aromatic carbocycles. The van der Waals surface area contributed by atoms with Crippen LogP contribution in [0.15, 0.2) is 24.3 Å². The zero-order valence-corrected chi connectivity index (χ0v) is 17.0. The largest absolute Gasteiger partial charge is 0.468 e. The average Bonchev–Trinajstić information content (AvgIpc) is 2.93. The van der Waals surface area contributed by atoms with Crippen LogP contribution in [0.3, 0.4) is 0 Å². The molecule has 0 aliphatic carbocycles. The number of hydrogen-bond acceptors (Lipinski definition) is 6. The van der Waals surface area contributed by atoms with E-state index in [1.165, 1.54) is 7.11 Å². The number of nitrogens with zero attached hydrogens (tertiary/aromatic N) is 2. The number of nitrogens with one attached hydrogen (secondary N) is 1. The lowest BCUT2D eigenvalue weighted by Crippen LogP contribution is -2.67. The van der Waals surface area contributed by atoms with E-state index in [9.17, 15) is 14.9 Å². The van der Waals surface area contributed by atoms with Gasteiger partial charge in [-0.15, -0.1) is 0 Å². The first-order valence-corrected chi connectivity index (χ1v) is 9.40. The number of carbonyl (C=O) groups excluding carboxylic acids is 2. The van der Waals surface area contributed by atoms with Gasteiger partial charge in [-0.2, -0.15) is 5.26 Å². The number of amides is 1. The Morgan fingerprint density at radius 1 is 1.29 bits per heavy atom. The Kier molecular flexibility index (Phi) is 5.11. The predicted octanol–water partition coefficient (Wildman–Crippen LogP) is 2.56. The third-order valence-corrected chi connectivity index (χ3v) is 5.60. The summed E-state index contributed by atoms with van der Waals surface area (Å²) in [5.74, 6) is -0.892. The lowest BCUT2D eigenvalue weighted by molar-refractivity contribution is -0.150. The number of likely N-dealkylation sites (tertiary alicyclic amines) is 1. The van der Waals surface area contributed by atoms with Crippen LogP contribution in [-0.4, -0.2) is 48.8 Å². The van der Waals surface area contributed by atoms with Crippen LogP contribution in [0.1, 0.15) is 37.9 Å². The van der Waals surface area contributed by atoms with Crippen molar-refractivity contribution in [3.05, 3.63) is 35.4 Å². The molecule has 28 heavy (non-hydrogen) atoms. The fraction of sp³-hybridized carbons (Fsp3) is 0.571. The van der Waals surface area contributed by atoms with Gasteiger partial charge >= 0.3 is 12.1 Å². The van der Waals surface area contributed by atoms with E-state index in [2.05, 4.69) is 11.4 Å². The number of rotatable bonds is 2. The van der Waals surface area contributed by atoms with Gasteiger partial charge in [-0.3, -0.25) is 10.1 Å². The summed E-state index contributed by atoms with van der Waals surface area (Å²) >= 11 is 0. The van der Waals surface area contributed by atoms with Crippen LogP contribution in [0.2, 0.25) is 0 Å². The molecular weight excluding hydrogens is 358 g/mol. The molecule has 0 aromatic heterocycles. The number of methoxy groups -OCH3 is 1. The molecule has 3 rings (SSSR count). The van der Waals surface area contributed by atoms with Crippen LogP contribution >= 0.6 is 0 Å². The van der Waals surface area contributed by atoms with Gasteiger partial charge < -0.3 is 14.4 Å². The molecule has 2 aliphatic heterocycles. The fourth-order valence-corrected chi connectivity index (χ4v) is 4.28. The molecule has 2 fully saturated rings. The molecule has 3 atom stereocenters. The Morgan fingerprint density at radius 3 is 2.46 bits per heavy atom. The van der Waals surface area contributed by atoms with Crippen LogP contribution in [-0.2, 0) is 14.3 Å². The highest BCUT2D eigenvalue weighted by Gasteiger charge is 2.65. The maximum atomic E-state index is 12.5. The standard InChI is InChI=1S/C21H27N3O4/c1-13-8-6-7-9-14(13)16-15(10-22)21(17(23-16)18(25)27-5)11-24(12-21)19(26)28-20(2,3)4/h6-9,15-17,23H,11-12H2,1-5H3/t15-,16+,17-/m0/s1. The van der Waals surface area contributed by atoms with Crippen molar-refractivity contribution in [1.82, 2.24) is 10.2 Å². The molecule has 1 amide bonds. The van der Waals surface area contributed by atoms with Crippen LogP contribution in [0.25, 0.3) is 0 Å². The van der Waals surface area contributed by atoms with Crippen molar-refractivity contribution in [2.24, 2.45) is 11.3 Å². The second kappa shape index (κ2) is 7.10. The van der Waals surface area contributed by atoms with E-state index in [4.69, 9.17) is 9.47 Å². The third kappa shape index (κ3) is 3.33. The normalized spacial score (nSPS) is 25.7. The van der Waals surface area contributed by atoms with Crippen molar-refractivity contribution in [2.75, 3.05) is 20.2 Å². The van der Waals surface area contributed by atoms with Gasteiger partial charge in [0.05, 0.1) is 19.1 Å². The summed E-state index contributed by atoms with van der Waals surface area (Å²) in [6.45, 7) is 7.95. The van der Waals surface area contributed by atoms with E-state index in [-0.39, 0.29) is 19.1 Å². The van der Waals surface area contributed by atoms with Gasteiger partial charge in [0.25, 0.3) is 0 Å². The van der Waals surface area contributed by atoms with Gasteiger partial charge in [-0.05, 0) is 38.8 Å². The summed E-state index contributed by atoms with van der Waals surface area (Å²) in [4.78, 5) is 26.5. The topological polar surface area (TPSA) is 91.7 Å². The number of nitriles is 1. The molecule has 0 unspecified atom stereocenters. The van der Waals surface area contributed by atoms with Gasteiger partial charge in [0.1, 0.15) is 11.6 Å². The van der Waals surface area contributed by atoms with Gasteiger partial charge in [-0.25, -0.2) is 4.79 Å². The first-order chi connectivity index (χ1) is 13.1. The van der Waals surface area contributed by atoms with Crippen LogP contribution in [0.4, 0.5) is 4.79 Å². The van der Waals surface area contributed by atoms with E-state index < -0.39 is 35.0 Å². The van der Waals surface area contributed by atoms with Crippen molar-refractivity contribution in [3.8, 4) is 6.07 Å². The number of ether oxygens (including phenoxy) is 2. The van der Waals surface area contributed by atoms with Gasteiger partial charge in [-0.1, -0.05) is 24.3 Å². The number of carbonyl (C=O) groups is 2. The first kappa shape index (κ1) is 20.2. The van der Waals surface area contributed by atoms with E-state index in [1.807, 2.05) is 31.2 Å². The highest BCUT2D eigenvalue weighted by molar-refractivity contribution is 5.79. The highest BCUT2D eigenvalue weighted by atomic mass is 16.6. The SMILES string of the molecule is COC(=O)[C@@H]1N[C@H](c2ccccc2C)[C@H](C#N)C12CN(C(=O)OC(C)(C)C)C2. The second-order valence-corrected chi connectivity index (χ2v) is 8.63. The maximum absolute atomic E-state index is 12.5. The summed E-state index contributed by atoms with van der Waals surface area (Å²) in [6, 6.07) is 9.24. The zero-order chi connectivity index (χ0) is 20.7. The minimum Gasteiger partial charge on any atom is -0.468 e. The van der Waals surface area contributed by atoms with Crippen molar-refractivity contribution in [2.45, 2.75) is 45.4 Å². The summed E-state index contributed by atoms with van der Waals surface area (Å²) < 4.78 is 10.4. The number of aryl methyl sites for hydroxylation is 1. The van der Waals surface area contributed by atoms with E-state index in [0.717, 1.165) is 11.1 Å². The van der Waals surface area contributed by atoms with Crippen LogP contribution < -0.4 is 5.32 Å². The lowest BCUT2D eigenvalue weighted by Gasteiger charge is -2.51. The molecule has 7 nitrogen and oxygen atoms in total. The Labute approximate surface area is 165 Å². The number of esters is 1. The van der Waals surface area contributed by atoms with E-state index in [0.29, 0.717) is 0 Å². The lowest BCUT2D eigenvalue weighted by atomic mass is 9.65. The summed E-state index contributed by atoms with van der Waals surface area (Å²) in [7, 11) is 1.34. The highest BCUT2D eigenvalue weighted by Crippen LogP contribution is 2.52. The average molecular weight is 385 g/mol. The number of benzene rings is 1.